The minimum atomic E-state index is -3.53. The Hall–Kier alpha value is -1.38. The molecule has 0 radical (unpaired) electrons. The predicted octanol–water partition coefficient (Wildman–Crippen LogP) is 2.31. The first-order valence-corrected chi connectivity index (χ1v) is 12.8. The van der Waals surface area contributed by atoms with Gasteiger partial charge in [0.2, 0.25) is 10.0 Å². The van der Waals surface area contributed by atoms with Gasteiger partial charge in [-0.05, 0) is 63.9 Å². The van der Waals surface area contributed by atoms with Crippen LogP contribution in [-0.4, -0.2) is 60.9 Å². The molecule has 1 aliphatic rings. The van der Waals surface area contributed by atoms with Crippen molar-refractivity contribution in [2.24, 2.45) is 5.92 Å². The van der Waals surface area contributed by atoms with Crippen LogP contribution in [0.4, 0.5) is 5.69 Å². The van der Waals surface area contributed by atoms with Crippen LogP contribution in [0, 0.1) is 5.92 Å². The molecule has 8 heteroatoms. The van der Waals surface area contributed by atoms with Crippen LogP contribution < -0.4 is 4.31 Å². The van der Waals surface area contributed by atoms with Gasteiger partial charge in [0.15, 0.2) is 9.84 Å². The minimum absolute atomic E-state index is 0.0681. The van der Waals surface area contributed by atoms with E-state index >= 15 is 0 Å². The standard InChI is InChI=1S/C19H30N2O4S2/c1-7-21(27(6,24)25)19-13-17(26(5,22)23)11-10-16(19)12-18(20(3)4)14(2)15-8-9-15/h10-11,13,15,18H,2,7-9,12H2,1,3-6H3. The van der Waals surface area contributed by atoms with E-state index in [1.54, 1.807) is 19.1 Å². The summed E-state index contributed by atoms with van der Waals surface area (Å²) in [7, 11) is -3.01. The summed E-state index contributed by atoms with van der Waals surface area (Å²) in [4.78, 5) is 2.21. The number of benzene rings is 1. The van der Waals surface area contributed by atoms with Crippen molar-refractivity contribution in [3.8, 4) is 0 Å². The first-order chi connectivity index (χ1) is 12.4. The van der Waals surface area contributed by atoms with E-state index in [-0.39, 0.29) is 17.5 Å². The highest BCUT2D eigenvalue weighted by Gasteiger charge is 2.32. The molecule has 0 aliphatic heterocycles. The smallest absolute Gasteiger partial charge is 0.232 e. The molecule has 1 atom stereocenters. The van der Waals surface area contributed by atoms with Gasteiger partial charge in [-0.2, -0.15) is 0 Å². The van der Waals surface area contributed by atoms with Gasteiger partial charge in [-0.3, -0.25) is 4.31 Å². The molecule has 1 aliphatic carbocycles. The molecule has 1 unspecified atom stereocenters. The van der Waals surface area contributed by atoms with Gasteiger partial charge in [-0.25, -0.2) is 16.8 Å². The van der Waals surface area contributed by atoms with Crippen molar-refractivity contribution in [1.29, 1.82) is 0 Å². The lowest BCUT2D eigenvalue weighted by molar-refractivity contribution is 0.320. The fourth-order valence-electron chi connectivity index (χ4n) is 3.34. The number of rotatable bonds is 9. The molecule has 27 heavy (non-hydrogen) atoms. The average Bonchev–Trinajstić information content (AvgIpc) is 3.35. The highest BCUT2D eigenvalue weighted by Crippen LogP contribution is 2.39. The lowest BCUT2D eigenvalue weighted by atomic mass is 9.95. The van der Waals surface area contributed by atoms with Crippen LogP contribution in [0.2, 0.25) is 0 Å². The van der Waals surface area contributed by atoms with Crippen molar-refractivity contribution in [2.45, 2.75) is 37.1 Å². The van der Waals surface area contributed by atoms with E-state index in [2.05, 4.69) is 11.5 Å². The number of hydrogen-bond acceptors (Lipinski definition) is 5. The monoisotopic (exact) mass is 414 g/mol. The molecule has 1 aromatic carbocycles. The van der Waals surface area contributed by atoms with Crippen molar-refractivity contribution in [2.75, 3.05) is 37.5 Å². The number of anilines is 1. The normalized spacial score (nSPS) is 16.4. The lowest BCUT2D eigenvalue weighted by Gasteiger charge is -2.30. The molecule has 1 fully saturated rings. The Morgan fingerprint density at radius 2 is 1.78 bits per heavy atom. The maximum absolute atomic E-state index is 12.3. The van der Waals surface area contributed by atoms with Crippen LogP contribution in [0.25, 0.3) is 0 Å². The van der Waals surface area contributed by atoms with Crippen LogP contribution in [0.5, 0.6) is 0 Å². The molecule has 2 rings (SSSR count). The Morgan fingerprint density at radius 1 is 1.19 bits per heavy atom. The van der Waals surface area contributed by atoms with Crippen LogP contribution in [0.3, 0.4) is 0 Å². The molecule has 0 heterocycles. The summed E-state index contributed by atoms with van der Waals surface area (Å²) in [5.41, 5.74) is 2.38. The fraction of sp³-hybridized carbons (Fsp3) is 0.579. The van der Waals surface area contributed by atoms with Gasteiger partial charge in [-0.15, -0.1) is 0 Å². The summed E-state index contributed by atoms with van der Waals surface area (Å²) in [6.45, 7) is 6.24. The van der Waals surface area contributed by atoms with Crippen LogP contribution in [-0.2, 0) is 26.3 Å². The number of sulfone groups is 1. The summed E-state index contributed by atoms with van der Waals surface area (Å²) in [5.74, 6) is 0.522. The first kappa shape index (κ1) is 21.9. The van der Waals surface area contributed by atoms with Gasteiger partial charge >= 0.3 is 0 Å². The zero-order valence-electron chi connectivity index (χ0n) is 16.8. The summed E-state index contributed by atoms with van der Waals surface area (Å²) in [5, 5.41) is 0. The zero-order chi connectivity index (χ0) is 20.6. The molecule has 0 N–H and O–H groups in total. The third kappa shape index (κ3) is 5.33. The van der Waals surface area contributed by atoms with Crippen LogP contribution >= 0.6 is 0 Å². The van der Waals surface area contributed by atoms with E-state index in [9.17, 15) is 16.8 Å². The van der Waals surface area contributed by atoms with Crippen molar-refractivity contribution in [3.05, 3.63) is 35.9 Å². The zero-order valence-corrected chi connectivity index (χ0v) is 18.4. The fourth-order valence-corrected chi connectivity index (χ4v) is 4.98. The Labute approximate surface area is 163 Å². The quantitative estimate of drug-likeness (QED) is 0.580. The summed E-state index contributed by atoms with van der Waals surface area (Å²) < 4.78 is 49.9. The largest absolute Gasteiger partial charge is 0.302 e. The van der Waals surface area contributed by atoms with Gasteiger partial charge < -0.3 is 4.90 Å². The van der Waals surface area contributed by atoms with E-state index in [0.717, 1.165) is 36.5 Å². The van der Waals surface area contributed by atoms with Crippen LogP contribution in [0.15, 0.2) is 35.2 Å². The molecular formula is C19H30N2O4S2. The Morgan fingerprint density at radius 3 is 2.19 bits per heavy atom. The van der Waals surface area contributed by atoms with Gasteiger partial charge in [0.25, 0.3) is 0 Å². The predicted molar refractivity (Wildman–Crippen MR) is 110 cm³/mol. The second-order valence-electron chi connectivity index (χ2n) is 7.52. The van der Waals surface area contributed by atoms with Gasteiger partial charge in [-0.1, -0.05) is 18.2 Å². The molecule has 1 saturated carbocycles. The topological polar surface area (TPSA) is 74.8 Å². The molecule has 6 nitrogen and oxygen atoms in total. The maximum atomic E-state index is 12.3. The number of likely N-dealkylation sites (N-methyl/N-ethyl adjacent to an activating group) is 1. The Balaban J connectivity index is 2.55. The average molecular weight is 415 g/mol. The molecule has 0 spiro atoms. The maximum Gasteiger partial charge on any atom is 0.232 e. The molecule has 1 aromatic rings. The third-order valence-electron chi connectivity index (χ3n) is 5.01. The van der Waals surface area contributed by atoms with Crippen molar-refractivity contribution in [1.82, 2.24) is 4.90 Å². The van der Waals surface area contributed by atoms with E-state index < -0.39 is 19.9 Å². The Kier molecular flexibility index (Phi) is 6.44. The summed E-state index contributed by atoms with van der Waals surface area (Å²) in [6, 6.07) is 4.83. The SMILES string of the molecule is C=C(C1CC1)C(Cc1ccc(S(C)(=O)=O)cc1N(CC)S(C)(=O)=O)N(C)C. The highest BCUT2D eigenvalue weighted by molar-refractivity contribution is 7.92. The second-order valence-corrected chi connectivity index (χ2v) is 11.4. The highest BCUT2D eigenvalue weighted by atomic mass is 32.2. The molecule has 0 bridgehead atoms. The van der Waals surface area contributed by atoms with Crippen molar-refractivity contribution >= 4 is 25.5 Å². The lowest BCUT2D eigenvalue weighted by Crippen LogP contribution is -2.34. The number of hydrogen-bond donors (Lipinski definition) is 0. The third-order valence-corrected chi connectivity index (χ3v) is 7.37. The van der Waals surface area contributed by atoms with Crippen LogP contribution in [0.1, 0.15) is 25.3 Å². The van der Waals surface area contributed by atoms with Gasteiger partial charge in [0.1, 0.15) is 0 Å². The second kappa shape index (κ2) is 7.93. The summed E-state index contributed by atoms with van der Waals surface area (Å²) >= 11 is 0. The number of nitrogens with zero attached hydrogens (tertiary/aromatic N) is 2. The molecular weight excluding hydrogens is 384 g/mol. The Bertz CT molecular complexity index is 917. The first-order valence-electron chi connectivity index (χ1n) is 9.02. The van der Waals surface area contributed by atoms with Gasteiger partial charge in [0, 0.05) is 18.8 Å². The van der Waals surface area contributed by atoms with Gasteiger partial charge in [0.05, 0.1) is 16.8 Å². The van der Waals surface area contributed by atoms with E-state index in [0.29, 0.717) is 18.0 Å². The van der Waals surface area contributed by atoms with E-state index in [1.807, 2.05) is 14.1 Å². The molecule has 0 amide bonds. The minimum Gasteiger partial charge on any atom is -0.302 e. The molecule has 0 aromatic heterocycles. The molecule has 152 valence electrons. The number of sulfonamides is 1. The summed E-state index contributed by atoms with van der Waals surface area (Å²) in [6.07, 6.45) is 5.13. The van der Waals surface area contributed by atoms with E-state index in [4.69, 9.17) is 0 Å². The van der Waals surface area contributed by atoms with Crippen molar-refractivity contribution in [3.63, 3.8) is 0 Å². The molecule has 0 saturated heterocycles. The van der Waals surface area contributed by atoms with Crippen molar-refractivity contribution < 1.29 is 16.8 Å². The van der Waals surface area contributed by atoms with E-state index in [1.165, 1.54) is 10.4 Å².